The standard InChI is InChI=1S/C25H31N5O2/c1-18(2)19-13-15-20(16-14-19)24(25(32)28-21-9-5-3-6-10-21)30(23(31)17-27-29-26)22-11-7-4-8-12-22/h4,7-8,11-16,18,21,24H,3,5-6,9-10,17H2,1-2H3,(H,28,32)/t24-/m0/s1. The number of carbonyl (C=O) groups is 2. The van der Waals surface area contributed by atoms with Gasteiger partial charge in [0.15, 0.2) is 0 Å². The van der Waals surface area contributed by atoms with Gasteiger partial charge < -0.3 is 5.32 Å². The van der Waals surface area contributed by atoms with Crippen molar-refractivity contribution in [2.45, 2.75) is 64.0 Å². The molecule has 1 aliphatic rings. The number of para-hydroxylation sites is 1. The number of carbonyl (C=O) groups excluding carboxylic acids is 2. The van der Waals surface area contributed by atoms with Crippen LogP contribution in [0.25, 0.3) is 10.4 Å². The van der Waals surface area contributed by atoms with Gasteiger partial charge in [0, 0.05) is 16.6 Å². The van der Waals surface area contributed by atoms with E-state index >= 15 is 0 Å². The first kappa shape index (κ1) is 23.4. The van der Waals surface area contributed by atoms with Gasteiger partial charge in [-0.3, -0.25) is 14.5 Å². The zero-order valence-corrected chi connectivity index (χ0v) is 18.8. The molecule has 0 bridgehead atoms. The minimum Gasteiger partial charge on any atom is -0.351 e. The summed E-state index contributed by atoms with van der Waals surface area (Å²) >= 11 is 0. The van der Waals surface area contributed by atoms with E-state index in [2.05, 4.69) is 29.2 Å². The number of benzene rings is 2. The third-order valence-corrected chi connectivity index (χ3v) is 5.95. The van der Waals surface area contributed by atoms with Crippen LogP contribution in [0.4, 0.5) is 5.69 Å². The number of amides is 2. The summed E-state index contributed by atoms with van der Waals surface area (Å²) in [5, 5.41) is 6.64. The zero-order chi connectivity index (χ0) is 22.9. The fourth-order valence-electron chi connectivity index (χ4n) is 4.20. The average molecular weight is 434 g/mol. The lowest BCUT2D eigenvalue weighted by atomic mass is 9.94. The number of hydrogen-bond acceptors (Lipinski definition) is 3. The van der Waals surface area contributed by atoms with Gasteiger partial charge in [-0.15, -0.1) is 0 Å². The van der Waals surface area contributed by atoms with Gasteiger partial charge in [-0.2, -0.15) is 0 Å². The summed E-state index contributed by atoms with van der Waals surface area (Å²) in [6, 6.07) is 16.2. The first-order chi connectivity index (χ1) is 15.5. The van der Waals surface area contributed by atoms with E-state index in [1.54, 1.807) is 12.1 Å². The first-order valence-corrected chi connectivity index (χ1v) is 11.3. The van der Waals surface area contributed by atoms with Crippen molar-refractivity contribution >= 4 is 17.5 Å². The lowest BCUT2D eigenvalue weighted by Crippen LogP contribution is -2.48. The predicted molar refractivity (Wildman–Crippen MR) is 126 cm³/mol. The van der Waals surface area contributed by atoms with Crippen molar-refractivity contribution in [1.82, 2.24) is 5.32 Å². The lowest BCUT2D eigenvalue weighted by Gasteiger charge is -2.33. The van der Waals surface area contributed by atoms with Gasteiger partial charge in [0.05, 0.1) is 0 Å². The Balaban J connectivity index is 2.02. The van der Waals surface area contributed by atoms with E-state index in [1.165, 1.54) is 11.3 Å². The molecule has 7 nitrogen and oxygen atoms in total. The van der Waals surface area contributed by atoms with Crippen LogP contribution in [0.3, 0.4) is 0 Å². The molecule has 168 valence electrons. The molecular weight excluding hydrogens is 402 g/mol. The Morgan fingerprint density at radius 1 is 1.03 bits per heavy atom. The third-order valence-electron chi connectivity index (χ3n) is 5.95. The van der Waals surface area contributed by atoms with Gasteiger partial charge in [-0.25, -0.2) is 0 Å². The summed E-state index contributed by atoms with van der Waals surface area (Å²) in [6.07, 6.45) is 5.27. The Morgan fingerprint density at radius 2 is 1.66 bits per heavy atom. The molecule has 0 radical (unpaired) electrons. The van der Waals surface area contributed by atoms with Crippen molar-refractivity contribution < 1.29 is 9.59 Å². The van der Waals surface area contributed by atoms with E-state index in [9.17, 15) is 9.59 Å². The molecule has 0 aliphatic heterocycles. The number of hydrogen-bond donors (Lipinski definition) is 1. The van der Waals surface area contributed by atoms with E-state index in [1.807, 2.05) is 42.5 Å². The number of rotatable bonds is 8. The van der Waals surface area contributed by atoms with Crippen molar-refractivity contribution in [2.75, 3.05) is 11.4 Å². The molecule has 0 aromatic heterocycles. The first-order valence-electron chi connectivity index (χ1n) is 11.3. The highest BCUT2D eigenvalue weighted by Crippen LogP contribution is 2.30. The second kappa shape index (κ2) is 11.3. The van der Waals surface area contributed by atoms with Crippen LogP contribution in [-0.2, 0) is 9.59 Å². The van der Waals surface area contributed by atoms with E-state index in [0.717, 1.165) is 36.8 Å². The van der Waals surface area contributed by atoms with Gasteiger partial charge >= 0.3 is 0 Å². The molecule has 32 heavy (non-hydrogen) atoms. The Hall–Kier alpha value is -3.31. The molecule has 1 N–H and O–H groups in total. The van der Waals surface area contributed by atoms with Gasteiger partial charge in [0.1, 0.15) is 12.6 Å². The number of nitrogens with zero attached hydrogens (tertiary/aromatic N) is 4. The largest absolute Gasteiger partial charge is 0.351 e. The summed E-state index contributed by atoms with van der Waals surface area (Å²) in [5.74, 6) is -0.284. The second-order valence-electron chi connectivity index (χ2n) is 8.56. The normalized spacial score (nSPS) is 15.0. The van der Waals surface area contributed by atoms with E-state index in [-0.39, 0.29) is 18.5 Å². The van der Waals surface area contributed by atoms with Gasteiger partial charge in [-0.1, -0.05) is 80.7 Å². The highest BCUT2D eigenvalue weighted by molar-refractivity contribution is 6.02. The van der Waals surface area contributed by atoms with Crippen LogP contribution in [0.2, 0.25) is 0 Å². The van der Waals surface area contributed by atoms with E-state index in [0.29, 0.717) is 11.6 Å². The molecule has 3 rings (SSSR count). The van der Waals surface area contributed by atoms with Crippen LogP contribution in [0, 0.1) is 0 Å². The number of nitrogens with one attached hydrogen (secondary N) is 1. The molecule has 1 atom stereocenters. The second-order valence-corrected chi connectivity index (χ2v) is 8.56. The van der Waals surface area contributed by atoms with Crippen LogP contribution >= 0.6 is 0 Å². The molecule has 1 fully saturated rings. The summed E-state index contributed by atoms with van der Waals surface area (Å²) in [4.78, 5) is 31.0. The molecule has 2 amide bonds. The zero-order valence-electron chi connectivity index (χ0n) is 18.8. The maximum Gasteiger partial charge on any atom is 0.248 e. The summed E-state index contributed by atoms with van der Waals surface area (Å²) in [7, 11) is 0. The quantitative estimate of drug-likeness (QED) is 0.331. The van der Waals surface area contributed by atoms with Gasteiger partial charge in [0.2, 0.25) is 11.8 Å². The van der Waals surface area contributed by atoms with Crippen molar-refractivity contribution in [3.63, 3.8) is 0 Å². The molecule has 1 aliphatic carbocycles. The maximum absolute atomic E-state index is 13.6. The molecule has 2 aromatic rings. The smallest absolute Gasteiger partial charge is 0.248 e. The van der Waals surface area contributed by atoms with Crippen LogP contribution in [-0.4, -0.2) is 24.4 Å². The van der Waals surface area contributed by atoms with Crippen molar-refractivity contribution in [3.05, 3.63) is 76.2 Å². The molecule has 7 heteroatoms. The lowest BCUT2D eigenvalue weighted by molar-refractivity contribution is -0.126. The summed E-state index contributed by atoms with van der Waals surface area (Å²) < 4.78 is 0. The Kier molecular flexibility index (Phi) is 8.28. The maximum atomic E-state index is 13.6. The van der Waals surface area contributed by atoms with Crippen LogP contribution < -0.4 is 10.2 Å². The Morgan fingerprint density at radius 3 is 2.25 bits per heavy atom. The van der Waals surface area contributed by atoms with Gasteiger partial charge in [0.25, 0.3) is 0 Å². The van der Waals surface area contributed by atoms with Gasteiger partial charge in [-0.05, 0) is 47.6 Å². The summed E-state index contributed by atoms with van der Waals surface area (Å²) in [5.41, 5.74) is 11.2. The van der Waals surface area contributed by atoms with Crippen LogP contribution in [0.5, 0.6) is 0 Å². The SMILES string of the molecule is CC(C)c1ccc([C@@H](C(=O)NC2CCCCC2)N(C(=O)CN=[N+]=[N-])c2ccccc2)cc1. The minimum absolute atomic E-state index is 0.110. The minimum atomic E-state index is -0.859. The van der Waals surface area contributed by atoms with E-state index in [4.69, 9.17) is 5.53 Å². The molecule has 0 heterocycles. The van der Waals surface area contributed by atoms with Crippen molar-refractivity contribution in [2.24, 2.45) is 5.11 Å². The van der Waals surface area contributed by atoms with Crippen molar-refractivity contribution in [3.8, 4) is 0 Å². The fourth-order valence-corrected chi connectivity index (χ4v) is 4.20. The Bertz CT molecular complexity index is 946. The molecular formula is C25H31N5O2. The average Bonchev–Trinajstić information content (AvgIpc) is 2.82. The van der Waals surface area contributed by atoms with Crippen LogP contribution in [0.15, 0.2) is 59.7 Å². The topological polar surface area (TPSA) is 98.2 Å². The van der Waals surface area contributed by atoms with Crippen molar-refractivity contribution in [1.29, 1.82) is 0 Å². The monoisotopic (exact) mass is 433 g/mol. The van der Waals surface area contributed by atoms with Crippen LogP contribution in [0.1, 0.15) is 69.0 Å². The fraction of sp³-hybridized carbons (Fsp3) is 0.440. The molecule has 0 saturated heterocycles. The predicted octanol–water partition coefficient (Wildman–Crippen LogP) is 5.64. The van der Waals surface area contributed by atoms with E-state index < -0.39 is 11.9 Å². The molecule has 0 unspecified atom stereocenters. The molecule has 1 saturated carbocycles. The number of azide groups is 1. The highest BCUT2D eigenvalue weighted by atomic mass is 16.2. The molecule has 0 spiro atoms. The number of anilines is 1. The third kappa shape index (κ3) is 5.89. The Labute approximate surface area is 189 Å². The highest BCUT2D eigenvalue weighted by Gasteiger charge is 2.33. The molecule has 2 aromatic carbocycles. The summed E-state index contributed by atoms with van der Waals surface area (Å²) in [6.45, 7) is 3.87.